The topological polar surface area (TPSA) is 29.1 Å². The van der Waals surface area contributed by atoms with Gasteiger partial charge in [0.15, 0.2) is 0 Å². The van der Waals surface area contributed by atoms with Crippen molar-refractivity contribution in [1.29, 1.82) is 0 Å². The zero-order chi connectivity index (χ0) is 14.0. The van der Waals surface area contributed by atoms with E-state index in [-0.39, 0.29) is 5.41 Å². The second kappa shape index (κ2) is 5.69. The van der Waals surface area contributed by atoms with Crippen molar-refractivity contribution in [3.63, 3.8) is 0 Å². The van der Waals surface area contributed by atoms with Gasteiger partial charge in [-0.15, -0.1) is 0 Å². The van der Waals surface area contributed by atoms with E-state index < -0.39 is 0 Å². The maximum absolute atomic E-state index is 12.5. The summed E-state index contributed by atoms with van der Waals surface area (Å²) in [5.41, 5.74) is 2.28. The van der Waals surface area contributed by atoms with E-state index in [0.29, 0.717) is 18.2 Å². The quantitative estimate of drug-likeness (QED) is 0.913. The number of aryl methyl sites for hydroxylation is 1. The van der Waals surface area contributed by atoms with Crippen LogP contribution in [-0.4, -0.2) is 18.4 Å². The highest BCUT2D eigenvalue weighted by Crippen LogP contribution is 2.34. The lowest BCUT2D eigenvalue weighted by Crippen LogP contribution is -2.48. The van der Waals surface area contributed by atoms with Crippen LogP contribution in [0.1, 0.15) is 56.6 Å². The highest BCUT2D eigenvalue weighted by molar-refractivity contribution is 5.92. The van der Waals surface area contributed by atoms with Gasteiger partial charge in [-0.3, -0.25) is 4.79 Å². The van der Waals surface area contributed by atoms with Gasteiger partial charge in [0, 0.05) is 19.0 Å². The molecule has 2 nitrogen and oxygen atoms in total. The van der Waals surface area contributed by atoms with Gasteiger partial charge in [0.2, 0.25) is 0 Å². The molecule has 0 radical (unpaired) electrons. The summed E-state index contributed by atoms with van der Waals surface area (Å²) < 4.78 is 0. The van der Waals surface area contributed by atoms with Gasteiger partial charge in [-0.2, -0.15) is 0 Å². The van der Waals surface area contributed by atoms with Crippen LogP contribution in [0.2, 0.25) is 0 Å². The molecular weight excluding hydrogens is 246 g/mol. The van der Waals surface area contributed by atoms with E-state index in [1.165, 1.54) is 43.2 Å². The lowest BCUT2D eigenvalue weighted by atomic mass is 9.70. The Kier molecular flexibility index (Phi) is 3.93. The Morgan fingerprint density at radius 1 is 1.15 bits per heavy atom. The van der Waals surface area contributed by atoms with Crippen LogP contribution in [0.15, 0.2) is 24.3 Å². The third-order valence-electron chi connectivity index (χ3n) is 5.20. The average molecular weight is 271 g/mol. The molecule has 1 aromatic carbocycles. The van der Waals surface area contributed by atoms with Gasteiger partial charge < -0.3 is 5.32 Å². The monoisotopic (exact) mass is 271 g/mol. The summed E-state index contributed by atoms with van der Waals surface area (Å²) in [4.78, 5) is 12.5. The standard InChI is InChI=1S/C18H25NO/c1-18(13-19-15-8-3-2-4-9-15)16-10-6-5-7-14(16)11-12-17(18)20/h5-7,10,15,19H,2-4,8-9,11-13H2,1H3. The first-order valence-corrected chi connectivity index (χ1v) is 8.05. The van der Waals surface area contributed by atoms with Crippen molar-refractivity contribution in [2.75, 3.05) is 6.54 Å². The van der Waals surface area contributed by atoms with Gasteiger partial charge in [0.1, 0.15) is 5.78 Å². The fourth-order valence-electron chi connectivity index (χ4n) is 3.80. The molecule has 1 N–H and O–H groups in total. The predicted octanol–water partition coefficient (Wildman–Crippen LogP) is 3.38. The van der Waals surface area contributed by atoms with Crippen molar-refractivity contribution in [2.24, 2.45) is 0 Å². The van der Waals surface area contributed by atoms with Crippen LogP contribution in [-0.2, 0) is 16.6 Å². The van der Waals surface area contributed by atoms with Gasteiger partial charge in [-0.1, -0.05) is 43.5 Å². The number of carbonyl (C=O) groups excluding carboxylic acids is 1. The minimum absolute atomic E-state index is 0.327. The summed E-state index contributed by atoms with van der Waals surface area (Å²) in [6, 6.07) is 9.10. The smallest absolute Gasteiger partial charge is 0.144 e. The van der Waals surface area contributed by atoms with E-state index in [4.69, 9.17) is 0 Å². The lowest BCUT2D eigenvalue weighted by Gasteiger charge is -2.36. The van der Waals surface area contributed by atoms with Crippen LogP contribution in [0.3, 0.4) is 0 Å². The van der Waals surface area contributed by atoms with Crippen molar-refractivity contribution in [2.45, 2.75) is 63.3 Å². The van der Waals surface area contributed by atoms with Gasteiger partial charge in [-0.05, 0) is 37.3 Å². The molecule has 2 aliphatic carbocycles. The van der Waals surface area contributed by atoms with Crippen LogP contribution in [0.25, 0.3) is 0 Å². The Morgan fingerprint density at radius 3 is 2.70 bits per heavy atom. The molecule has 0 saturated heterocycles. The Hall–Kier alpha value is -1.15. The first-order valence-electron chi connectivity index (χ1n) is 8.05. The molecule has 108 valence electrons. The Labute approximate surface area is 122 Å². The molecule has 0 aliphatic heterocycles. The number of hydrogen-bond acceptors (Lipinski definition) is 2. The Balaban J connectivity index is 1.77. The lowest BCUT2D eigenvalue weighted by molar-refractivity contribution is -0.124. The molecule has 1 saturated carbocycles. The number of benzene rings is 1. The van der Waals surface area contributed by atoms with Crippen LogP contribution in [0.5, 0.6) is 0 Å². The number of rotatable bonds is 3. The minimum Gasteiger partial charge on any atom is -0.313 e. The van der Waals surface area contributed by atoms with Crippen molar-refractivity contribution in [3.05, 3.63) is 35.4 Å². The fourth-order valence-corrected chi connectivity index (χ4v) is 3.80. The van der Waals surface area contributed by atoms with Crippen molar-refractivity contribution >= 4 is 5.78 Å². The van der Waals surface area contributed by atoms with E-state index in [9.17, 15) is 4.79 Å². The third kappa shape index (κ3) is 2.54. The molecule has 0 spiro atoms. The van der Waals surface area contributed by atoms with E-state index >= 15 is 0 Å². The largest absolute Gasteiger partial charge is 0.313 e. The zero-order valence-corrected chi connectivity index (χ0v) is 12.5. The maximum Gasteiger partial charge on any atom is 0.144 e. The van der Waals surface area contributed by atoms with Gasteiger partial charge in [0.05, 0.1) is 5.41 Å². The summed E-state index contributed by atoms with van der Waals surface area (Å²) in [5.74, 6) is 0.402. The molecule has 1 atom stereocenters. The molecule has 0 amide bonds. The van der Waals surface area contributed by atoms with E-state index in [2.05, 4.69) is 36.5 Å². The number of ketones is 1. The minimum atomic E-state index is -0.327. The summed E-state index contributed by atoms with van der Waals surface area (Å²) >= 11 is 0. The van der Waals surface area contributed by atoms with Crippen molar-refractivity contribution in [1.82, 2.24) is 5.32 Å². The average Bonchev–Trinajstić information content (AvgIpc) is 2.51. The number of carbonyl (C=O) groups is 1. The second-order valence-corrected chi connectivity index (χ2v) is 6.63. The Bertz CT molecular complexity index is 490. The number of fused-ring (bicyclic) bond motifs is 1. The summed E-state index contributed by atoms with van der Waals surface area (Å²) in [7, 11) is 0. The SMILES string of the molecule is CC1(CNC2CCCCC2)C(=O)CCc2ccccc21. The molecule has 1 unspecified atom stereocenters. The number of Topliss-reactive ketones (excluding diaryl/α,β-unsaturated/α-hetero) is 1. The maximum atomic E-state index is 12.5. The van der Waals surface area contributed by atoms with E-state index in [0.717, 1.165) is 13.0 Å². The molecule has 1 fully saturated rings. The molecule has 1 aromatic rings. The van der Waals surface area contributed by atoms with Gasteiger partial charge in [0.25, 0.3) is 0 Å². The van der Waals surface area contributed by atoms with Crippen LogP contribution in [0.4, 0.5) is 0 Å². The molecule has 2 aliphatic rings. The number of hydrogen-bond donors (Lipinski definition) is 1. The Morgan fingerprint density at radius 2 is 1.90 bits per heavy atom. The fraction of sp³-hybridized carbons (Fsp3) is 0.611. The highest BCUT2D eigenvalue weighted by atomic mass is 16.1. The van der Waals surface area contributed by atoms with Crippen molar-refractivity contribution < 1.29 is 4.79 Å². The molecule has 3 rings (SSSR count). The third-order valence-corrected chi connectivity index (χ3v) is 5.20. The van der Waals surface area contributed by atoms with Gasteiger partial charge >= 0.3 is 0 Å². The van der Waals surface area contributed by atoms with E-state index in [1.54, 1.807) is 0 Å². The summed E-state index contributed by atoms with van der Waals surface area (Å²) in [5, 5.41) is 3.68. The molecule has 0 heterocycles. The molecular formula is C18H25NO. The van der Waals surface area contributed by atoms with Gasteiger partial charge in [-0.25, -0.2) is 0 Å². The molecule has 2 heteroatoms. The first kappa shape index (κ1) is 13.8. The first-order chi connectivity index (χ1) is 9.70. The summed E-state index contributed by atoms with van der Waals surface area (Å²) in [6.07, 6.45) is 8.18. The molecule has 20 heavy (non-hydrogen) atoms. The van der Waals surface area contributed by atoms with Crippen LogP contribution in [0, 0.1) is 0 Å². The predicted molar refractivity (Wildman–Crippen MR) is 82.0 cm³/mol. The highest BCUT2D eigenvalue weighted by Gasteiger charge is 2.39. The zero-order valence-electron chi connectivity index (χ0n) is 12.5. The summed E-state index contributed by atoms with van der Waals surface area (Å²) in [6.45, 7) is 2.93. The molecule has 0 bridgehead atoms. The number of nitrogens with one attached hydrogen (secondary N) is 1. The normalized spacial score (nSPS) is 27.4. The van der Waals surface area contributed by atoms with E-state index in [1.807, 2.05) is 0 Å². The van der Waals surface area contributed by atoms with Crippen LogP contribution < -0.4 is 5.32 Å². The molecule has 0 aromatic heterocycles. The second-order valence-electron chi connectivity index (χ2n) is 6.63. The van der Waals surface area contributed by atoms with Crippen molar-refractivity contribution in [3.8, 4) is 0 Å². The van der Waals surface area contributed by atoms with Crippen LogP contribution >= 0.6 is 0 Å².